The predicted molar refractivity (Wildman–Crippen MR) is 45.4 cm³/mol. The van der Waals surface area contributed by atoms with Crippen molar-refractivity contribution in [2.75, 3.05) is 6.61 Å². The smallest absolute Gasteiger partial charge is 0.232 e. The minimum Gasteiger partial charge on any atom is -0.393 e. The van der Waals surface area contributed by atoms with Gasteiger partial charge in [0.15, 0.2) is 0 Å². The first-order valence-electron chi connectivity index (χ1n) is 4.18. The maximum Gasteiger partial charge on any atom is 0.232 e. The first kappa shape index (κ1) is 13.2. The maximum absolute atomic E-state index is 11.0. The molecule has 6 heteroatoms. The number of aliphatic hydroxyl groups is 4. The van der Waals surface area contributed by atoms with Gasteiger partial charge in [0.05, 0.1) is 12.7 Å². The van der Waals surface area contributed by atoms with E-state index in [4.69, 9.17) is 20.4 Å². The van der Waals surface area contributed by atoms with Crippen LogP contribution in [0.1, 0.15) is 13.3 Å². The van der Waals surface area contributed by atoms with Gasteiger partial charge in [0.1, 0.15) is 12.2 Å². The quantitative estimate of drug-likeness (QED) is 0.360. The highest BCUT2D eigenvalue weighted by Gasteiger charge is 2.31. The second-order valence-corrected chi connectivity index (χ2v) is 2.85. The Balaban J connectivity index is 4.39. The van der Waals surface area contributed by atoms with Gasteiger partial charge in [-0.15, -0.1) is 0 Å². The number of carbonyl (C=O) groups excluding carboxylic acids is 2. The van der Waals surface area contributed by atoms with Crippen LogP contribution in [-0.4, -0.2) is 56.9 Å². The predicted octanol–water partition coefficient (Wildman–Crippen LogP) is -2.39. The minimum absolute atomic E-state index is 0.107. The number of Topliss-reactive ketones (excluding diaryl/α,β-unsaturated/α-hetero) is 2. The van der Waals surface area contributed by atoms with Crippen molar-refractivity contribution in [3.05, 3.63) is 0 Å². The molecule has 6 nitrogen and oxygen atoms in total. The van der Waals surface area contributed by atoms with E-state index in [1.54, 1.807) is 0 Å². The monoisotopic (exact) mass is 206 g/mol. The Bertz CT molecular complexity index is 214. The molecule has 0 heterocycles. The summed E-state index contributed by atoms with van der Waals surface area (Å²) in [6.07, 6.45) is -4.90. The lowest BCUT2D eigenvalue weighted by molar-refractivity contribution is -0.150. The van der Waals surface area contributed by atoms with Crippen LogP contribution >= 0.6 is 0 Å². The molecular weight excluding hydrogens is 192 g/mol. The molecule has 0 spiro atoms. The van der Waals surface area contributed by atoms with E-state index >= 15 is 0 Å². The van der Waals surface area contributed by atoms with Crippen LogP contribution < -0.4 is 0 Å². The van der Waals surface area contributed by atoms with Gasteiger partial charge >= 0.3 is 0 Å². The molecule has 0 radical (unpaired) electrons. The summed E-state index contributed by atoms with van der Waals surface area (Å²) in [7, 11) is 0. The largest absolute Gasteiger partial charge is 0.393 e. The lowest BCUT2D eigenvalue weighted by Gasteiger charge is -2.15. The van der Waals surface area contributed by atoms with E-state index in [1.165, 1.54) is 6.92 Å². The molecule has 0 saturated carbocycles. The lowest BCUT2D eigenvalue weighted by atomic mass is 10.0. The molecule has 0 aromatic heterocycles. The van der Waals surface area contributed by atoms with E-state index in [2.05, 4.69) is 0 Å². The van der Waals surface area contributed by atoms with Crippen molar-refractivity contribution in [1.29, 1.82) is 0 Å². The average Bonchev–Trinajstić information content (AvgIpc) is 2.23. The summed E-state index contributed by atoms with van der Waals surface area (Å²) in [5.74, 6) is -2.59. The summed E-state index contributed by atoms with van der Waals surface area (Å²) in [5, 5.41) is 35.3. The van der Waals surface area contributed by atoms with Crippen LogP contribution in [0.25, 0.3) is 0 Å². The fourth-order valence-corrected chi connectivity index (χ4v) is 0.791. The van der Waals surface area contributed by atoms with Crippen molar-refractivity contribution in [2.24, 2.45) is 0 Å². The Hall–Kier alpha value is -0.820. The van der Waals surface area contributed by atoms with Gasteiger partial charge in [-0.3, -0.25) is 9.59 Å². The van der Waals surface area contributed by atoms with Crippen molar-refractivity contribution in [2.45, 2.75) is 31.7 Å². The van der Waals surface area contributed by atoms with Crippen LogP contribution in [0.5, 0.6) is 0 Å². The van der Waals surface area contributed by atoms with E-state index in [1.807, 2.05) is 0 Å². The molecule has 0 aliphatic rings. The van der Waals surface area contributed by atoms with Crippen LogP contribution in [0.3, 0.4) is 0 Å². The number of carbonyl (C=O) groups is 2. The molecule has 0 rings (SSSR count). The van der Waals surface area contributed by atoms with E-state index in [0.29, 0.717) is 0 Å². The minimum atomic E-state index is -1.84. The van der Waals surface area contributed by atoms with Crippen LogP contribution in [-0.2, 0) is 9.59 Å². The first-order chi connectivity index (χ1) is 6.45. The number of hydrogen-bond donors (Lipinski definition) is 4. The third-order valence-electron chi connectivity index (χ3n) is 1.77. The highest BCUT2D eigenvalue weighted by atomic mass is 16.3. The van der Waals surface area contributed by atoms with Crippen molar-refractivity contribution in [3.63, 3.8) is 0 Å². The molecule has 14 heavy (non-hydrogen) atoms. The molecule has 4 N–H and O–H groups in total. The molecule has 0 aromatic rings. The molecule has 82 valence electrons. The van der Waals surface area contributed by atoms with Gasteiger partial charge in [-0.25, -0.2) is 0 Å². The second kappa shape index (κ2) is 5.82. The van der Waals surface area contributed by atoms with Gasteiger partial charge < -0.3 is 20.4 Å². The Morgan fingerprint density at radius 2 is 1.64 bits per heavy atom. The van der Waals surface area contributed by atoms with Crippen molar-refractivity contribution >= 4 is 11.6 Å². The fraction of sp³-hybridized carbons (Fsp3) is 0.750. The summed E-state index contributed by atoms with van der Waals surface area (Å²) in [4.78, 5) is 21.9. The number of aliphatic hydroxyl groups excluding tert-OH is 4. The van der Waals surface area contributed by atoms with Crippen molar-refractivity contribution in [1.82, 2.24) is 0 Å². The summed E-state index contributed by atoms with van der Waals surface area (Å²) in [5.41, 5.74) is 0. The van der Waals surface area contributed by atoms with E-state index in [9.17, 15) is 9.59 Å². The molecule has 0 aliphatic carbocycles. The number of hydrogen-bond acceptors (Lipinski definition) is 6. The molecule has 0 bridgehead atoms. The van der Waals surface area contributed by atoms with Gasteiger partial charge in [-0.05, 0) is 6.42 Å². The molecule has 0 aromatic carbocycles. The Morgan fingerprint density at radius 3 is 2.00 bits per heavy atom. The molecule has 1 unspecified atom stereocenters. The first-order valence-corrected chi connectivity index (χ1v) is 4.18. The van der Waals surface area contributed by atoms with E-state index in [-0.39, 0.29) is 6.42 Å². The summed E-state index contributed by atoms with van der Waals surface area (Å²) in [6.45, 7) is 0.633. The van der Waals surface area contributed by atoms with Crippen LogP contribution in [0.4, 0.5) is 0 Å². The Labute approximate surface area is 80.8 Å². The summed E-state index contributed by atoms with van der Waals surface area (Å²) < 4.78 is 0. The highest BCUT2D eigenvalue weighted by Crippen LogP contribution is 2.02. The second-order valence-electron chi connectivity index (χ2n) is 2.85. The zero-order chi connectivity index (χ0) is 11.3. The molecule has 0 saturated heterocycles. The third kappa shape index (κ3) is 3.15. The number of rotatable bonds is 6. The summed E-state index contributed by atoms with van der Waals surface area (Å²) >= 11 is 0. The molecule has 3 atom stereocenters. The van der Waals surface area contributed by atoms with Gasteiger partial charge in [-0.2, -0.15) is 0 Å². The highest BCUT2D eigenvalue weighted by molar-refractivity contribution is 6.40. The van der Waals surface area contributed by atoms with Crippen molar-refractivity contribution < 1.29 is 30.0 Å². The zero-order valence-corrected chi connectivity index (χ0v) is 7.75. The topological polar surface area (TPSA) is 115 Å². The van der Waals surface area contributed by atoms with Gasteiger partial charge in [0.2, 0.25) is 11.6 Å². The van der Waals surface area contributed by atoms with Crippen LogP contribution in [0, 0.1) is 0 Å². The Kier molecular flexibility index (Phi) is 5.47. The zero-order valence-electron chi connectivity index (χ0n) is 7.75. The normalized spacial score (nSPS) is 17.2. The average molecular weight is 206 g/mol. The van der Waals surface area contributed by atoms with Crippen LogP contribution in [0.2, 0.25) is 0 Å². The fourth-order valence-electron chi connectivity index (χ4n) is 0.791. The lowest BCUT2D eigenvalue weighted by Crippen LogP contribution is -2.43. The summed E-state index contributed by atoms with van der Waals surface area (Å²) in [6, 6.07) is 0. The maximum atomic E-state index is 11.0. The molecule has 0 aliphatic heterocycles. The van der Waals surface area contributed by atoms with Gasteiger partial charge in [-0.1, -0.05) is 6.92 Å². The van der Waals surface area contributed by atoms with Gasteiger partial charge in [0, 0.05) is 0 Å². The van der Waals surface area contributed by atoms with E-state index in [0.717, 1.165) is 0 Å². The molecule has 0 fully saturated rings. The van der Waals surface area contributed by atoms with Crippen LogP contribution in [0.15, 0.2) is 0 Å². The molecular formula is C8H14O6. The van der Waals surface area contributed by atoms with E-state index < -0.39 is 36.5 Å². The molecule has 0 amide bonds. The van der Waals surface area contributed by atoms with Gasteiger partial charge in [0.25, 0.3) is 0 Å². The number of ketones is 2. The SMILES string of the molecule is CCC(O)[C@@H](O)C(=O)C(=O)[C@@H](O)CO. The standard InChI is InChI=1S/C8H14O6/c1-2-4(10)6(12)8(14)7(13)5(11)3-9/h4-6,9-12H,2-3H2,1H3/t4?,5-,6+/m0/s1. The Morgan fingerprint density at radius 1 is 1.14 bits per heavy atom. The van der Waals surface area contributed by atoms with Crippen molar-refractivity contribution in [3.8, 4) is 0 Å². The third-order valence-corrected chi connectivity index (χ3v) is 1.77.